The molecule has 0 aromatic heterocycles. The lowest BCUT2D eigenvalue weighted by atomic mass is 9.99. The molecule has 3 fully saturated rings. The van der Waals surface area contributed by atoms with Gasteiger partial charge in [0.25, 0.3) is 10.2 Å². The van der Waals surface area contributed by atoms with Crippen molar-refractivity contribution in [3.8, 4) is 0 Å². The fraction of sp³-hybridized carbons (Fsp3) is 0.944. The molecule has 1 amide bonds. The number of piperidine rings is 2. The molecular weight excluding hydrogens is 386 g/mol. The van der Waals surface area contributed by atoms with Crippen LogP contribution in [0.25, 0.3) is 0 Å². The minimum atomic E-state index is -3.57. The molecule has 0 bridgehead atoms. The summed E-state index contributed by atoms with van der Waals surface area (Å²) in [4.78, 5) is 12.4. The second kappa shape index (κ2) is 9.82. The minimum Gasteiger partial charge on any atom is -0.382 e. The van der Waals surface area contributed by atoms with E-state index in [1.165, 1.54) is 8.61 Å². The number of carbonyl (C=O) groups excluding carboxylic acids is 1. The van der Waals surface area contributed by atoms with Gasteiger partial charge in [0.2, 0.25) is 5.91 Å². The molecule has 10 heteroatoms. The van der Waals surface area contributed by atoms with Crippen molar-refractivity contribution < 1.29 is 27.4 Å². The predicted octanol–water partition coefficient (Wildman–Crippen LogP) is 0.325. The summed E-state index contributed by atoms with van der Waals surface area (Å²) < 4.78 is 45.7. The fourth-order valence-corrected chi connectivity index (χ4v) is 5.75. The van der Waals surface area contributed by atoms with Gasteiger partial charge in [0.15, 0.2) is 5.79 Å². The quantitative estimate of drug-likeness (QED) is 0.570. The molecule has 3 aliphatic rings. The third-order valence-corrected chi connectivity index (χ3v) is 7.68. The monoisotopic (exact) mass is 419 g/mol. The van der Waals surface area contributed by atoms with Crippen molar-refractivity contribution in [3.05, 3.63) is 0 Å². The molecule has 1 spiro atoms. The molecule has 28 heavy (non-hydrogen) atoms. The normalized spacial score (nSPS) is 26.5. The van der Waals surface area contributed by atoms with Crippen LogP contribution in [0.1, 0.15) is 39.0 Å². The van der Waals surface area contributed by atoms with E-state index >= 15 is 0 Å². The molecule has 0 radical (unpaired) electrons. The van der Waals surface area contributed by atoms with Crippen molar-refractivity contribution in [2.24, 2.45) is 5.92 Å². The lowest BCUT2D eigenvalue weighted by molar-refractivity contribution is -0.179. The van der Waals surface area contributed by atoms with Gasteiger partial charge in [-0.3, -0.25) is 4.79 Å². The van der Waals surface area contributed by atoms with Gasteiger partial charge in [0.05, 0.1) is 19.1 Å². The topological polar surface area (TPSA) is 97.4 Å². The van der Waals surface area contributed by atoms with E-state index in [0.29, 0.717) is 78.3 Å². The molecule has 162 valence electrons. The van der Waals surface area contributed by atoms with Gasteiger partial charge in [0, 0.05) is 58.8 Å². The van der Waals surface area contributed by atoms with E-state index < -0.39 is 16.0 Å². The first kappa shape index (κ1) is 21.9. The Morgan fingerprint density at radius 3 is 2.57 bits per heavy atom. The van der Waals surface area contributed by atoms with Crippen molar-refractivity contribution in [1.82, 2.24) is 13.9 Å². The van der Waals surface area contributed by atoms with Gasteiger partial charge >= 0.3 is 0 Å². The molecule has 0 aliphatic carbocycles. The number of carbonyl (C=O) groups is 1. The standard InChI is InChI=1S/C18H33N3O6S/c1-2-25-12-4-8-19-17(22)16-5-3-9-21(15-16)28(23,24)20-10-6-18(7-11-20)26-13-14-27-18/h16H,2-15H2,1H3,(H,19,22). The molecule has 0 saturated carbocycles. The van der Waals surface area contributed by atoms with E-state index in [2.05, 4.69) is 5.32 Å². The van der Waals surface area contributed by atoms with Crippen LogP contribution in [-0.4, -0.2) is 87.9 Å². The molecule has 3 saturated heterocycles. The summed E-state index contributed by atoms with van der Waals surface area (Å²) in [7, 11) is -3.57. The number of nitrogens with one attached hydrogen (secondary N) is 1. The molecule has 3 rings (SSSR count). The third kappa shape index (κ3) is 5.22. The highest BCUT2D eigenvalue weighted by atomic mass is 32.2. The highest BCUT2D eigenvalue weighted by Crippen LogP contribution is 2.33. The van der Waals surface area contributed by atoms with Gasteiger partial charge < -0.3 is 19.5 Å². The van der Waals surface area contributed by atoms with Gasteiger partial charge in [-0.25, -0.2) is 0 Å². The highest BCUT2D eigenvalue weighted by Gasteiger charge is 2.44. The van der Waals surface area contributed by atoms with Crippen LogP contribution in [0.4, 0.5) is 0 Å². The summed E-state index contributed by atoms with van der Waals surface area (Å²) in [6.45, 7) is 6.38. The summed E-state index contributed by atoms with van der Waals surface area (Å²) in [5, 5.41) is 2.91. The Hall–Kier alpha value is -0.780. The number of amides is 1. The van der Waals surface area contributed by atoms with Crippen LogP contribution in [0, 0.1) is 5.92 Å². The smallest absolute Gasteiger partial charge is 0.282 e. The average Bonchev–Trinajstić information content (AvgIpc) is 3.16. The predicted molar refractivity (Wildman–Crippen MR) is 103 cm³/mol. The zero-order chi connectivity index (χ0) is 20.0. The zero-order valence-electron chi connectivity index (χ0n) is 16.7. The first-order valence-electron chi connectivity index (χ1n) is 10.4. The Balaban J connectivity index is 1.49. The van der Waals surface area contributed by atoms with Gasteiger partial charge in [0.1, 0.15) is 0 Å². The van der Waals surface area contributed by atoms with Crippen LogP contribution in [0.15, 0.2) is 0 Å². The van der Waals surface area contributed by atoms with Crippen LogP contribution in [0.5, 0.6) is 0 Å². The Morgan fingerprint density at radius 2 is 1.89 bits per heavy atom. The average molecular weight is 420 g/mol. The maximum absolute atomic E-state index is 13.1. The molecule has 1 atom stereocenters. The van der Waals surface area contributed by atoms with E-state index in [1.54, 1.807) is 0 Å². The first-order chi connectivity index (χ1) is 13.5. The molecule has 0 aromatic carbocycles. The van der Waals surface area contributed by atoms with E-state index in [9.17, 15) is 13.2 Å². The van der Waals surface area contributed by atoms with E-state index in [-0.39, 0.29) is 18.4 Å². The second-order valence-corrected chi connectivity index (χ2v) is 9.48. The Morgan fingerprint density at radius 1 is 1.18 bits per heavy atom. The number of rotatable bonds is 8. The largest absolute Gasteiger partial charge is 0.382 e. The molecule has 3 aliphatic heterocycles. The maximum atomic E-state index is 13.1. The summed E-state index contributed by atoms with van der Waals surface area (Å²) in [5.74, 6) is -0.965. The maximum Gasteiger partial charge on any atom is 0.282 e. The Bertz CT molecular complexity index is 613. The second-order valence-electron chi connectivity index (χ2n) is 7.55. The highest BCUT2D eigenvalue weighted by molar-refractivity contribution is 7.86. The number of hydrogen-bond donors (Lipinski definition) is 1. The van der Waals surface area contributed by atoms with Crippen LogP contribution in [0.3, 0.4) is 0 Å². The fourth-order valence-electron chi connectivity index (χ4n) is 4.05. The zero-order valence-corrected chi connectivity index (χ0v) is 17.5. The van der Waals surface area contributed by atoms with E-state index in [4.69, 9.17) is 14.2 Å². The lowest BCUT2D eigenvalue weighted by Crippen LogP contribution is -2.54. The van der Waals surface area contributed by atoms with Crippen molar-refractivity contribution in [2.75, 3.05) is 59.2 Å². The summed E-state index contributed by atoms with van der Waals surface area (Å²) in [6, 6.07) is 0. The summed E-state index contributed by atoms with van der Waals surface area (Å²) >= 11 is 0. The van der Waals surface area contributed by atoms with E-state index in [0.717, 1.165) is 6.42 Å². The molecule has 9 nitrogen and oxygen atoms in total. The van der Waals surface area contributed by atoms with Gasteiger partial charge in [-0.2, -0.15) is 17.0 Å². The van der Waals surface area contributed by atoms with Crippen molar-refractivity contribution >= 4 is 16.1 Å². The van der Waals surface area contributed by atoms with Gasteiger partial charge in [-0.05, 0) is 26.2 Å². The molecule has 1 N–H and O–H groups in total. The lowest BCUT2D eigenvalue weighted by Gasteiger charge is -2.40. The van der Waals surface area contributed by atoms with Crippen LogP contribution in [-0.2, 0) is 29.2 Å². The van der Waals surface area contributed by atoms with Gasteiger partial charge in [-0.1, -0.05) is 0 Å². The first-order valence-corrected chi connectivity index (χ1v) is 11.8. The molecular formula is C18H33N3O6S. The number of nitrogens with zero attached hydrogens (tertiary/aromatic N) is 2. The van der Waals surface area contributed by atoms with Crippen molar-refractivity contribution in [1.29, 1.82) is 0 Å². The SMILES string of the molecule is CCOCCCNC(=O)C1CCCN(S(=O)(=O)N2CCC3(CC2)OCCO3)C1. The van der Waals surface area contributed by atoms with Gasteiger partial charge in [-0.15, -0.1) is 0 Å². The van der Waals surface area contributed by atoms with Crippen LogP contribution >= 0.6 is 0 Å². The molecule has 0 aromatic rings. The van der Waals surface area contributed by atoms with Crippen LogP contribution in [0.2, 0.25) is 0 Å². The summed E-state index contributed by atoms with van der Waals surface area (Å²) in [5.41, 5.74) is 0. The van der Waals surface area contributed by atoms with E-state index in [1.807, 2.05) is 6.92 Å². The van der Waals surface area contributed by atoms with Crippen LogP contribution < -0.4 is 5.32 Å². The summed E-state index contributed by atoms with van der Waals surface area (Å²) in [6.07, 6.45) is 3.26. The van der Waals surface area contributed by atoms with Crippen molar-refractivity contribution in [2.45, 2.75) is 44.8 Å². The molecule has 1 unspecified atom stereocenters. The Kier molecular flexibility index (Phi) is 7.68. The minimum absolute atomic E-state index is 0.0678. The Labute approximate surface area is 167 Å². The van der Waals surface area contributed by atoms with Crippen molar-refractivity contribution in [3.63, 3.8) is 0 Å². The molecule has 3 heterocycles. The number of hydrogen-bond acceptors (Lipinski definition) is 6. The number of ether oxygens (including phenoxy) is 3. The third-order valence-electron chi connectivity index (χ3n) is 5.67.